The van der Waals surface area contributed by atoms with Crippen molar-refractivity contribution >= 4 is 18.1 Å². The van der Waals surface area contributed by atoms with Crippen LogP contribution in [0.5, 0.6) is 5.75 Å². The van der Waals surface area contributed by atoms with Crippen LogP contribution in [0.4, 0.5) is 18.9 Å². The molecule has 1 atom stereocenters. The number of aryl methyl sites for hydroxylation is 1. The van der Waals surface area contributed by atoms with Crippen molar-refractivity contribution in [1.29, 1.82) is 0 Å². The minimum Gasteiger partial charge on any atom is -0.497 e. The van der Waals surface area contributed by atoms with Crippen molar-refractivity contribution < 1.29 is 22.3 Å². The lowest BCUT2D eigenvalue weighted by Crippen LogP contribution is -2.39. The van der Waals surface area contributed by atoms with Gasteiger partial charge in [0.25, 0.3) is 0 Å². The van der Waals surface area contributed by atoms with E-state index in [0.29, 0.717) is 24.6 Å². The molecule has 8 heteroatoms. The fraction of sp³-hybridized carbons (Fsp3) is 0.474. The van der Waals surface area contributed by atoms with Crippen LogP contribution in [0.2, 0.25) is 0 Å². The first-order chi connectivity index (χ1) is 12.3. The van der Waals surface area contributed by atoms with E-state index in [2.05, 4.69) is 0 Å². The van der Waals surface area contributed by atoms with Gasteiger partial charge in [-0.1, -0.05) is 6.07 Å². The maximum atomic E-state index is 12.9. The zero-order chi connectivity index (χ0) is 18.9. The van der Waals surface area contributed by atoms with E-state index >= 15 is 0 Å². The van der Waals surface area contributed by atoms with E-state index in [1.165, 1.54) is 0 Å². The van der Waals surface area contributed by atoms with Crippen LogP contribution in [0.3, 0.4) is 0 Å². The molecule has 1 unspecified atom stereocenters. The molecule has 1 fully saturated rings. The largest absolute Gasteiger partial charge is 0.497 e. The van der Waals surface area contributed by atoms with Crippen LogP contribution in [-0.2, 0) is 0 Å². The third kappa shape index (κ3) is 4.71. The number of anilines is 1. The SMILES string of the molecule is COc1ccc(C(N)c2ccc(C)o2)c(N2CCC(C(F)(F)F)CC2)c1.Cl. The summed E-state index contributed by atoms with van der Waals surface area (Å²) < 4.78 is 49.8. The molecule has 150 valence electrons. The number of furan rings is 1. The minimum atomic E-state index is -4.13. The van der Waals surface area contributed by atoms with E-state index in [1.54, 1.807) is 13.2 Å². The molecule has 27 heavy (non-hydrogen) atoms. The average Bonchev–Trinajstić information content (AvgIpc) is 3.06. The summed E-state index contributed by atoms with van der Waals surface area (Å²) >= 11 is 0. The Hall–Kier alpha value is -1.86. The Morgan fingerprint density at radius 2 is 1.85 bits per heavy atom. The fourth-order valence-corrected chi connectivity index (χ4v) is 3.41. The third-order valence-corrected chi connectivity index (χ3v) is 4.94. The van der Waals surface area contributed by atoms with Crippen molar-refractivity contribution in [2.75, 3.05) is 25.1 Å². The molecule has 2 aromatic rings. The topological polar surface area (TPSA) is 51.6 Å². The molecule has 0 bridgehead atoms. The van der Waals surface area contributed by atoms with Crippen molar-refractivity contribution in [3.05, 3.63) is 47.4 Å². The predicted molar refractivity (Wildman–Crippen MR) is 101 cm³/mol. The van der Waals surface area contributed by atoms with Crippen LogP contribution in [0.25, 0.3) is 0 Å². The Labute approximate surface area is 162 Å². The average molecular weight is 405 g/mol. The Morgan fingerprint density at radius 1 is 1.19 bits per heavy atom. The molecule has 4 nitrogen and oxygen atoms in total. The number of piperidine rings is 1. The standard InChI is InChI=1S/C19H23F3N2O2.ClH/c1-12-3-6-17(26-12)18(23)15-5-4-14(25-2)11-16(15)24-9-7-13(8-10-24)19(20,21)22;/h3-6,11,13,18H,7-10,23H2,1-2H3;1H. The van der Waals surface area contributed by atoms with Crippen molar-refractivity contribution in [1.82, 2.24) is 0 Å². The highest BCUT2D eigenvalue weighted by atomic mass is 35.5. The van der Waals surface area contributed by atoms with Gasteiger partial charge in [0, 0.05) is 30.4 Å². The second-order valence-corrected chi connectivity index (χ2v) is 6.65. The van der Waals surface area contributed by atoms with Crippen LogP contribution >= 0.6 is 12.4 Å². The van der Waals surface area contributed by atoms with Gasteiger partial charge in [-0.15, -0.1) is 12.4 Å². The highest BCUT2D eigenvalue weighted by Gasteiger charge is 2.41. The molecule has 0 aliphatic carbocycles. The summed E-state index contributed by atoms with van der Waals surface area (Å²) in [5, 5.41) is 0. The first-order valence-corrected chi connectivity index (χ1v) is 8.61. The summed E-state index contributed by atoms with van der Waals surface area (Å²) in [6.45, 7) is 2.50. The van der Waals surface area contributed by atoms with Gasteiger partial charge in [-0.3, -0.25) is 0 Å². The monoisotopic (exact) mass is 404 g/mol. The molecule has 3 rings (SSSR count). The van der Waals surface area contributed by atoms with Gasteiger partial charge in [-0.05, 0) is 38.0 Å². The summed E-state index contributed by atoms with van der Waals surface area (Å²) in [4.78, 5) is 1.95. The number of nitrogens with zero attached hydrogens (tertiary/aromatic N) is 1. The maximum absolute atomic E-state index is 12.9. The van der Waals surface area contributed by atoms with Crippen LogP contribution in [-0.4, -0.2) is 26.4 Å². The molecular formula is C19H24ClF3N2O2. The normalized spacial score (nSPS) is 16.7. The lowest BCUT2D eigenvalue weighted by atomic mass is 9.94. The summed E-state index contributed by atoms with van der Waals surface area (Å²) in [5.74, 6) is 0.786. The number of benzene rings is 1. The lowest BCUT2D eigenvalue weighted by Gasteiger charge is -2.36. The molecule has 0 amide bonds. The second kappa shape index (κ2) is 8.44. The van der Waals surface area contributed by atoms with Gasteiger partial charge in [0.1, 0.15) is 17.3 Å². The van der Waals surface area contributed by atoms with Crippen molar-refractivity contribution in [2.24, 2.45) is 11.7 Å². The van der Waals surface area contributed by atoms with Crippen molar-refractivity contribution in [3.63, 3.8) is 0 Å². The van der Waals surface area contributed by atoms with Crippen molar-refractivity contribution in [2.45, 2.75) is 32.0 Å². The predicted octanol–water partition coefficient (Wildman–Crippen LogP) is 4.85. The highest BCUT2D eigenvalue weighted by molar-refractivity contribution is 5.85. The molecule has 1 aliphatic heterocycles. The molecule has 1 saturated heterocycles. The molecule has 2 N–H and O–H groups in total. The second-order valence-electron chi connectivity index (χ2n) is 6.65. The van der Waals surface area contributed by atoms with Gasteiger partial charge in [-0.25, -0.2) is 0 Å². The van der Waals surface area contributed by atoms with Crippen LogP contribution < -0.4 is 15.4 Å². The number of nitrogens with two attached hydrogens (primary N) is 1. The summed E-state index contributed by atoms with van der Waals surface area (Å²) in [7, 11) is 1.56. The van der Waals surface area contributed by atoms with Crippen molar-refractivity contribution in [3.8, 4) is 5.75 Å². The van der Waals surface area contributed by atoms with Gasteiger partial charge in [0.05, 0.1) is 19.1 Å². The summed E-state index contributed by atoms with van der Waals surface area (Å²) in [5.41, 5.74) is 7.99. The van der Waals surface area contributed by atoms with Crippen LogP contribution in [0.1, 0.15) is 36.0 Å². The number of halogens is 4. The molecule has 0 saturated carbocycles. The quantitative estimate of drug-likeness (QED) is 0.791. The molecule has 1 aliphatic rings. The zero-order valence-electron chi connectivity index (χ0n) is 15.3. The zero-order valence-corrected chi connectivity index (χ0v) is 16.1. The molecular weight excluding hydrogens is 381 g/mol. The maximum Gasteiger partial charge on any atom is 0.391 e. The van der Waals surface area contributed by atoms with Gasteiger partial charge in [0.15, 0.2) is 0 Å². The van der Waals surface area contributed by atoms with Crippen LogP contribution in [0.15, 0.2) is 34.7 Å². The Kier molecular flexibility index (Phi) is 6.70. The van der Waals surface area contributed by atoms with E-state index in [1.807, 2.05) is 36.1 Å². The molecule has 1 aromatic carbocycles. The number of alkyl halides is 3. The lowest BCUT2D eigenvalue weighted by molar-refractivity contribution is -0.179. The van der Waals surface area contributed by atoms with Gasteiger partial charge < -0.3 is 19.8 Å². The van der Waals surface area contributed by atoms with Gasteiger partial charge >= 0.3 is 6.18 Å². The van der Waals surface area contributed by atoms with E-state index in [4.69, 9.17) is 14.9 Å². The Balaban J connectivity index is 0.00000261. The van der Waals surface area contributed by atoms with E-state index in [9.17, 15) is 13.2 Å². The number of hydrogen-bond donors (Lipinski definition) is 1. The number of ether oxygens (including phenoxy) is 1. The van der Waals surface area contributed by atoms with Crippen LogP contribution in [0, 0.1) is 12.8 Å². The Morgan fingerprint density at radius 3 is 2.37 bits per heavy atom. The minimum absolute atomic E-state index is 0. The number of methoxy groups -OCH3 is 1. The molecule has 1 aromatic heterocycles. The fourth-order valence-electron chi connectivity index (χ4n) is 3.41. The molecule has 0 radical (unpaired) electrons. The number of hydrogen-bond acceptors (Lipinski definition) is 4. The smallest absolute Gasteiger partial charge is 0.391 e. The molecule has 0 spiro atoms. The van der Waals surface area contributed by atoms with Gasteiger partial charge in [-0.2, -0.15) is 13.2 Å². The third-order valence-electron chi connectivity index (χ3n) is 4.94. The number of rotatable bonds is 4. The summed E-state index contributed by atoms with van der Waals surface area (Å²) in [6.07, 6.45) is -3.98. The van der Waals surface area contributed by atoms with E-state index in [0.717, 1.165) is 17.0 Å². The summed E-state index contributed by atoms with van der Waals surface area (Å²) in [6, 6.07) is 8.66. The molecule has 2 heterocycles. The van der Waals surface area contributed by atoms with Gasteiger partial charge in [0.2, 0.25) is 0 Å². The first kappa shape index (κ1) is 21.4. The van der Waals surface area contributed by atoms with E-state index < -0.39 is 18.1 Å². The Bertz CT molecular complexity index is 756. The highest BCUT2D eigenvalue weighted by Crippen LogP contribution is 2.38. The first-order valence-electron chi connectivity index (χ1n) is 8.61. The van der Waals surface area contributed by atoms with E-state index in [-0.39, 0.29) is 25.2 Å².